The molecule has 1 aromatic carbocycles. The maximum absolute atomic E-state index is 12.2. The number of benzene rings is 1. The van der Waals surface area contributed by atoms with Gasteiger partial charge in [-0.25, -0.2) is 8.42 Å². The van der Waals surface area contributed by atoms with Crippen LogP contribution in [0.25, 0.3) is 10.1 Å². The second kappa shape index (κ2) is 5.19. The lowest BCUT2D eigenvalue weighted by Gasteiger charge is -2.26. The zero-order chi connectivity index (χ0) is 13.5. The van der Waals surface area contributed by atoms with Crippen LogP contribution in [0.2, 0.25) is 0 Å². The maximum atomic E-state index is 12.2. The Morgan fingerprint density at radius 2 is 2.05 bits per heavy atom. The highest BCUT2D eigenvalue weighted by atomic mass is 79.9. The lowest BCUT2D eigenvalue weighted by atomic mass is 10.0. The summed E-state index contributed by atoms with van der Waals surface area (Å²) in [5, 5.41) is 2.99. The Labute approximate surface area is 125 Å². The molecule has 2 nitrogen and oxygen atoms in total. The summed E-state index contributed by atoms with van der Waals surface area (Å²) in [6, 6.07) is 8.18. The molecule has 1 aliphatic heterocycles. The van der Waals surface area contributed by atoms with Crippen molar-refractivity contribution in [2.24, 2.45) is 0 Å². The van der Waals surface area contributed by atoms with Crippen LogP contribution >= 0.6 is 27.3 Å². The van der Waals surface area contributed by atoms with Gasteiger partial charge in [-0.05, 0) is 35.2 Å². The summed E-state index contributed by atoms with van der Waals surface area (Å²) >= 11 is 5.33. The maximum Gasteiger partial charge on any atom is 0.154 e. The SMILES string of the molecule is O=S1(=O)CCCCC1C(Br)c1csc2ccccc12. The van der Waals surface area contributed by atoms with E-state index in [1.807, 2.05) is 12.1 Å². The zero-order valence-corrected chi connectivity index (χ0v) is 13.6. The van der Waals surface area contributed by atoms with Crippen molar-refractivity contribution in [3.05, 3.63) is 35.2 Å². The molecule has 1 aliphatic rings. The fourth-order valence-electron chi connectivity index (χ4n) is 2.72. The first kappa shape index (κ1) is 13.6. The summed E-state index contributed by atoms with van der Waals surface area (Å²) in [6.45, 7) is 0. The summed E-state index contributed by atoms with van der Waals surface area (Å²) in [5.74, 6) is 0.335. The smallest absolute Gasteiger partial charge is 0.154 e. The molecule has 0 bridgehead atoms. The van der Waals surface area contributed by atoms with Crippen LogP contribution in [0.4, 0.5) is 0 Å². The number of thiophene rings is 1. The Kier molecular flexibility index (Phi) is 3.71. The van der Waals surface area contributed by atoms with Crippen molar-refractivity contribution in [1.29, 1.82) is 0 Å². The normalized spacial score (nSPS) is 24.4. The quantitative estimate of drug-likeness (QED) is 0.749. The minimum absolute atomic E-state index is 0.0889. The third kappa shape index (κ3) is 2.48. The molecule has 2 atom stereocenters. The molecule has 0 amide bonds. The van der Waals surface area contributed by atoms with E-state index in [0.717, 1.165) is 24.8 Å². The van der Waals surface area contributed by atoms with E-state index < -0.39 is 9.84 Å². The molecule has 102 valence electrons. The van der Waals surface area contributed by atoms with Gasteiger partial charge in [-0.15, -0.1) is 11.3 Å². The molecule has 5 heteroatoms. The number of sulfone groups is 1. The number of alkyl halides is 1. The molecule has 2 heterocycles. The minimum Gasteiger partial charge on any atom is -0.228 e. The van der Waals surface area contributed by atoms with Crippen LogP contribution in [0.1, 0.15) is 29.7 Å². The average Bonchev–Trinajstić information content (AvgIpc) is 2.81. The van der Waals surface area contributed by atoms with Crippen LogP contribution in [0.5, 0.6) is 0 Å². The number of hydrogen-bond donors (Lipinski definition) is 0. The van der Waals surface area contributed by atoms with Gasteiger partial charge in [-0.2, -0.15) is 0 Å². The summed E-state index contributed by atoms with van der Waals surface area (Å²) in [5.41, 5.74) is 1.12. The highest BCUT2D eigenvalue weighted by Crippen LogP contribution is 2.41. The molecule has 1 aromatic heterocycles. The number of hydrogen-bond acceptors (Lipinski definition) is 3. The summed E-state index contributed by atoms with van der Waals surface area (Å²) < 4.78 is 25.7. The Balaban J connectivity index is 2.01. The van der Waals surface area contributed by atoms with Crippen molar-refractivity contribution < 1.29 is 8.42 Å². The molecule has 2 unspecified atom stereocenters. The van der Waals surface area contributed by atoms with E-state index in [9.17, 15) is 8.42 Å². The lowest BCUT2D eigenvalue weighted by molar-refractivity contribution is 0.537. The standard InChI is InChI=1S/C14H15BrO2S2/c15-14(13-7-3-4-8-19(13,16)17)11-9-18-12-6-2-1-5-10(11)12/h1-2,5-6,9,13-14H,3-4,7-8H2. The summed E-state index contributed by atoms with van der Waals surface area (Å²) in [6.07, 6.45) is 2.58. The van der Waals surface area contributed by atoms with Crippen molar-refractivity contribution >= 4 is 47.2 Å². The first-order valence-electron chi connectivity index (χ1n) is 6.41. The summed E-state index contributed by atoms with van der Waals surface area (Å²) in [7, 11) is -2.96. The number of fused-ring (bicyclic) bond motifs is 1. The first-order valence-corrected chi connectivity index (χ1v) is 9.92. The Morgan fingerprint density at radius 3 is 2.84 bits per heavy atom. The van der Waals surface area contributed by atoms with Crippen LogP contribution in [-0.4, -0.2) is 19.4 Å². The van der Waals surface area contributed by atoms with E-state index >= 15 is 0 Å². The topological polar surface area (TPSA) is 34.1 Å². The third-order valence-electron chi connectivity index (χ3n) is 3.76. The van der Waals surface area contributed by atoms with Gasteiger partial charge in [0, 0.05) is 4.70 Å². The number of halogens is 1. The Bertz CT molecular complexity index is 690. The van der Waals surface area contributed by atoms with Gasteiger partial charge in [0.1, 0.15) is 0 Å². The highest BCUT2D eigenvalue weighted by molar-refractivity contribution is 9.09. The van der Waals surface area contributed by atoms with E-state index in [-0.39, 0.29) is 10.1 Å². The Morgan fingerprint density at radius 1 is 1.26 bits per heavy atom. The van der Waals surface area contributed by atoms with Gasteiger partial charge in [-0.3, -0.25) is 0 Å². The van der Waals surface area contributed by atoms with Crippen molar-refractivity contribution in [2.45, 2.75) is 29.3 Å². The second-order valence-electron chi connectivity index (χ2n) is 4.99. The van der Waals surface area contributed by atoms with Gasteiger partial charge in [0.05, 0.1) is 15.8 Å². The fraction of sp³-hybridized carbons (Fsp3) is 0.429. The van der Waals surface area contributed by atoms with Crippen LogP contribution < -0.4 is 0 Å². The first-order chi connectivity index (χ1) is 9.09. The van der Waals surface area contributed by atoms with Crippen molar-refractivity contribution in [1.82, 2.24) is 0 Å². The summed E-state index contributed by atoms with van der Waals surface area (Å²) in [4.78, 5) is -0.0889. The molecule has 2 aromatic rings. The van der Waals surface area contributed by atoms with Gasteiger partial charge < -0.3 is 0 Å². The molecule has 3 rings (SSSR count). The fourth-order valence-corrected chi connectivity index (χ4v) is 7.47. The second-order valence-corrected chi connectivity index (χ2v) is 9.23. The predicted molar refractivity (Wildman–Crippen MR) is 84.9 cm³/mol. The third-order valence-corrected chi connectivity index (χ3v) is 8.51. The molecule has 0 aliphatic carbocycles. The van der Waals surface area contributed by atoms with Crippen LogP contribution in [-0.2, 0) is 9.84 Å². The van der Waals surface area contributed by atoms with E-state index in [1.165, 1.54) is 10.1 Å². The van der Waals surface area contributed by atoms with Crippen molar-refractivity contribution in [2.75, 3.05) is 5.75 Å². The molecule has 1 fully saturated rings. The molecule has 0 radical (unpaired) electrons. The lowest BCUT2D eigenvalue weighted by Crippen LogP contribution is -2.31. The minimum atomic E-state index is -2.96. The molecule has 0 spiro atoms. The van der Waals surface area contributed by atoms with E-state index in [1.54, 1.807) is 11.3 Å². The molecule has 19 heavy (non-hydrogen) atoms. The van der Waals surface area contributed by atoms with Crippen LogP contribution in [0.15, 0.2) is 29.6 Å². The largest absolute Gasteiger partial charge is 0.228 e. The van der Waals surface area contributed by atoms with Gasteiger partial charge >= 0.3 is 0 Å². The van der Waals surface area contributed by atoms with E-state index in [0.29, 0.717) is 5.75 Å². The van der Waals surface area contributed by atoms with Crippen molar-refractivity contribution in [3.63, 3.8) is 0 Å². The van der Waals surface area contributed by atoms with Gasteiger partial charge in [-0.1, -0.05) is 40.5 Å². The van der Waals surface area contributed by atoms with Crippen LogP contribution in [0, 0.1) is 0 Å². The predicted octanol–water partition coefficient (Wildman–Crippen LogP) is 4.30. The average molecular weight is 359 g/mol. The monoisotopic (exact) mass is 358 g/mol. The molecule has 1 saturated heterocycles. The highest BCUT2D eigenvalue weighted by Gasteiger charge is 2.35. The molecule has 0 N–H and O–H groups in total. The van der Waals surface area contributed by atoms with Gasteiger partial charge in [0.25, 0.3) is 0 Å². The molecular weight excluding hydrogens is 344 g/mol. The van der Waals surface area contributed by atoms with E-state index in [4.69, 9.17) is 0 Å². The van der Waals surface area contributed by atoms with Crippen molar-refractivity contribution in [3.8, 4) is 0 Å². The van der Waals surface area contributed by atoms with E-state index in [2.05, 4.69) is 33.4 Å². The zero-order valence-electron chi connectivity index (χ0n) is 10.4. The van der Waals surface area contributed by atoms with Gasteiger partial charge in [0.15, 0.2) is 9.84 Å². The number of rotatable bonds is 2. The molecule has 0 saturated carbocycles. The van der Waals surface area contributed by atoms with Gasteiger partial charge in [0.2, 0.25) is 0 Å². The van der Waals surface area contributed by atoms with Crippen LogP contribution in [0.3, 0.4) is 0 Å². The Hall–Kier alpha value is -0.390. The molecular formula is C14H15BrO2S2.